The second kappa shape index (κ2) is 8.38. The number of allylic oxidation sites excluding steroid dienone is 1. The Morgan fingerprint density at radius 2 is 1.88 bits per heavy atom. The molecule has 0 bridgehead atoms. The van der Waals surface area contributed by atoms with Crippen LogP contribution in [0.2, 0.25) is 0 Å². The van der Waals surface area contributed by atoms with Gasteiger partial charge >= 0.3 is 0 Å². The van der Waals surface area contributed by atoms with Gasteiger partial charge in [-0.25, -0.2) is 0 Å². The van der Waals surface area contributed by atoms with Gasteiger partial charge in [-0.1, -0.05) is 24.3 Å². The summed E-state index contributed by atoms with van der Waals surface area (Å²) in [6, 6.07) is 13.5. The van der Waals surface area contributed by atoms with Gasteiger partial charge in [-0.05, 0) is 56.0 Å². The number of para-hydroxylation sites is 3. The Morgan fingerprint density at radius 1 is 1.08 bits per heavy atom. The van der Waals surface area contributed by atoms with Crippen LogP contribution >= 0.6 is 0 Å². The Morgan fingerprint density at radius 3 is 2.64 bits per heavy atom. The third-order valence-electron chi connectivity index (χ3n) is 4.33. The summed E-state index contributed by atoms with van der Waals surface area (Å²) in [7, 11) is 1.67. The number of nitrogen functional groups attached to an aromatic ring is 1. The number of benzene rings is 2. The monoisotopic (exact) mass is 336 g/mol. The summed E-state index contributed by atoms with van der Waals surface area (Å²) in [5.74, 6) is 1.57. The van der Waals surface area contributed by atoms with Gasteiger partial charge in [0, 0.05) is 11.8 Å². The lowest BCUT2D eigenvalue weighted by atomic mass is 10.1. The molecule has 0 saturated heterocycles. The first-order valence-corrected chi connectivity index (χ1v) is 8.67. The highest BCUT2D eigenvalue weighted by Gasteiger charge is 2.19. The second-order valence-electron chi connectivity index (χ2n) is 6.10. The van der Waals surface area contributed by atoms with Crippen molar-refractivity contribution in [2.75, 3.05) is 12.8 Å². The van der Waals surface area contributed by atoms with Gasteiger partial charge in [0.2, 0.25) is 0 Å². The van der Waals surface area contributed by atoms with E-state index in [1.807, 2.05) is 54.6 Å². The lowest BCUT2D eigenvalue weighted by molar-refractivity contribution is 0.200. The molecule has 2 N–H and O–H groups in total. The fourth-order valence-electron chi connectivity index (χ4n) is 3.00. The Balaban J connectivity index is 1.77. The molecule has 1 saturated carbocycles. The minimum atomic E-state index is 0.279. The summed E-state index contributed by atoms with van der Waals surface area (Å²) in [4.78, 5) is 4.39. The zero-order valence-electron chi connectivity index (χ0n) is 14.5. The first-order chi connectivity index (χ1) is 12.3. The van der Waals surface area contributed by atoms with E-state index in [-0.39, 0.29) is 6.10 Å². The molecule has 4 nitrogen and oxygen atoms in total. The maximum Gasteiger partial charge on any atom is 0.168 e. The van der Waals surface area contributed by atoms with Crippen molar-refractivity contribution in [3.8, 4) is 11.5 Å². The Labute approximate surface area is 149 Å². The van der Waals surface area contributed by atoms with E-state index < -0.39 is 0 Å². The van der Waals surface area contributed by atoms with E-state index in [1.54, 1.807) is 13.3 Å². The quantitative estimate of drug-likeness (QED) is 0.595. The summed E-state index contributed by atoms with van der Waals surface area (Å²) >= 11 is 0. The van der Waals surface area contributed by atoms with Crippen LogP contribution in [0.4, 0.5) is 11.4 Å². The summed E-state index contributed by atoms with van der Waals surface area (Å²) < 4.78 is 11.7. The Bertz CT molecular complexity index is 762. The number of nitrogens with zero attached hydrogens (tertiary/aromatic N) is 1. The molecule has 1 aliphatic rings. The van der Waals surface area contributed by atoms with Gasteiger partial charge < -0.3 is 15.2 Å². The van der Waals surface area contributed by atoms with Gasteiger partial charge in [0.25, 0.3) is 0 Å². The highest BCUT2D eigenvalue weighted by molar-refractivity contribution is 5.83. The van der Waals surface area contributed by atoms with Crippen LogP contribution in [0.1, 0.15) is 31.2 Å². The average Bonchev–Trinajstić information content (AvgIpc) is 3.14. The van der Waals surface area contributed by atoms with Crippen molar-refractivity contribution in [3.05, 3.63) is 54.1 Å². The number of aliphatic imine (C=N–C) groups is 1. The van der Waals surface area contributed by atoms with Crippen molar-refractivity contribution in [2.24, 2.45) is 4.99 Å². The second-order valence-corrected chi connectivity index (χ2v) is 6.10. The van der Waals surface area contributed by atoms with Crippen LogP contribution < -0.4 is 15.2 Å². The van der Waals surface area contributed by atoms with E-state index in [2.05, 4.69) is 4.99 Å². The van der Waals surface area contributed by atoms with Crippen molar-refractivity contribution in [1.82, 2.24) is 0 Å². The van der Waals surface area contributed by atoms with Gasteiger partial charge in [0.05, 0.1) is 24.6 Å². The predicted octanol–water partition coefficient (Wildman–Crippen LogP) is 5.01. The normalized spacial score (nSPS) is 15.2. The van der Waals surface area contributed by atoms with Crippen molar-refractivity contribution >= 4 is 23.7 Å². The van der Waals surface area contributed by atoms with Crippen molar-refractivity contribution < 1.29 is 9.47 Å². The molecule has 0 atom stereocenters. The van der Waals surface area contributed by atoms with Crippen LogP contribution in [-0.2, 0) is 0 Å². The fraction of sp³-hybridized carbons (Fsp3) is 0.286. The minimum absolute atomic E-state index is 0.279. The van der Waals surface area contributed by atoms with Gasteiger partial charge in [-0.2, -0.15) is 0 Å². The molecule has 0 aliphatic heterocycles. The number of rotatable bonds is 6. The summed E-state index contributed by atoms with van der Waals surface area (Å²) in [5, 5.41) is 0. The topological polar surface area (TPSA) is 56.8 Å². The van der Waals surface area contributed by atoms with E-state index in [9.17, 15) is 0 Å². The third-order valence-corrected chi connectivity index (χ3v) is 4.33. The first-order valence-electron chi connectivity index (χ1n) is 8.67. The smallest absolute Gasteiger partial charge is 0.168 e. The van der Waals surface area contributed by atoms with E-state index in [0.29, 0.717) is 5.69 Å². The van der Waals surface area contributed by atoms with E-state index >= 15 is 0 Å². The molecule has 25 heavy (non-hydrogen) atoms. The maximum atomic E-state index is 6.22. The minimum Gasteiger partial charge on any atom is -0.493 e. The SMILES string of the molecule is COc1cccc(/C=C/C=Nc2ccccc2N)c1OC1CCCC1. The van der Waals surface area contributed by atoms with Crippen LogP contribution in [0, 0.1) is 0 Å². The Hall–Kier alpha value is -2.75. The van der Waals surface area contributed by atoms with Crippen molar-refractivity contribution in [3.63, 3.8) is 0 Å². The number of anilines is 1. The standard InChI is InChI=1S/C21H24N2O2/c1-24-20-14-6-8-16(21(20)25-17-10-2-3-11-17)9-7-15-23-19-13-5-4-12-18(19)22/h4-9,12-15,17H,2-3,10-11,22H2,1H3/b9-7+,23-15?. The molecule has 0 amide bonds. The first kappa shape index (κ1) is 17.1. The lowest BCUT2D eigenvalue weighted by Crippen LogP contribution is -2.12. The van der Waals surface area contributed by atoms with E-state index in [1.165, 1.54) is 12.8 Å². The number of ether oxygens (including phenoxy) is 2. The van der Waals surface area contributed by atoms with E-state index in [0.717, 1.165) is 35.6 Å². The molecule has 0 unspecified atom stereocenters. The van der Waals surface area contributed by atoms with Crippen molar-refractivity contribution in [2.45, 2.75) is 31.8 Å². The average molecular weight is 336 g/mol. The molecule has 0 radical (unpaired) electrons. The number of methoxy groups -OCH3 is 1. The molecule has 130 valence electrons. The van der Waals surface area contributed by atoms with E-state index in [4.69, 9.17) is 15.2 Å². The molecular formula is C21H24N2O2. The molecule has 0 spiro atoms. The zero-order valence-corrected chi connectivity index (χ0v) is 14.5. The van der Waals surface area contributed by atoms with Crippen LogP contribution in [0.25, 0.3) is 6.08 Å². The maximum absolute atomic E-state index is 6.22. The number of hydrogen-bond acceptors (Lipinski definition) is 4. The number of hydrogen-bond donors (Lipinski definition) is 1. The molecule has 4 heteroatoms. The molecule has 2 aromatic carbocycles. The molecule has 0 aromatic heterocycles. The van der Waals surface area contributed by atoms with Crippen LogP contribution in [0.3, 0.4) is 0 Å². The van der Waals surface area contributed by atoms with Gasteiger partial charge in [-0.15, -0.1) is 0 Å². The summed E-state index contributed by atoms with van der Waals surface area (Å²) in [6.07, 6.45) is 10.6. The molecule has 0 heterocycles. The van der Waals surface area contributed by atoms with Crippen molar-refractivity contribution in [1.29, 1.82) is 0 Å². The molecule has 3 rings (SSSR count). The summed E-state index contributed by atoms with van der Waals surface area (Å²) in [6.45, 7) is 0. The molecule has 2 aromatic rings. The highest BCUT2D eigenvalue weighted by atomic mass is 16.5. The Kier molecular flexibility index (Phi) is 5.73. The van der Waals surface area contributed by atoms with Crippen LogP contribution in [-0.4, -0.2) is 19.4 Å². The molecular weight excluding hydrogens is 312 g/mol. The fourth-order valence-corrected chi connectivity index (χ4v) is 3.00. The van der Waals surface area contributed by atoms with Gasteiger partial charge in [0.15, 0.2) is 11.5 Å². The van der Waals surface area contributed by atoms with Crippen LogP contribution in [0.5, 0.6) is 11.5 Å². The third kappa shape index (κ3) is 4.41. The zero-order chi connectivity index (χ0) is 17.5. The van der Waals surface area contributed by atoms with Gasteiger partial charge in [0.1, 0.15) is 0 Å². The predicted molar refractivity (Wildman–Crippen MR) is 104 cm³/mol. The number of nitrogens with two attached hydrogens (primary N) is 1. The largest absolute Gasteiger partial charge is 0.493 e. The lowest BCUT2D eigenvalue weighted by Gasteiger charge is -2.17. The van der Waals surface area contributed by atoms with Crippen LogP contribution in [0.15, 0.2) is 53.5 Å². The highest BCUT2D eigenvalue weighted by Crippen LogP contribution is 2.35. The molecule has 1 fully saturated rings. The molecule has 1 aliphatic carbocycles. The van der Waals surface area contributed by atoms with Gasteiger partial charge in [-0.3, -0.25) is 4.99 Å². The summed E-state index contributed by atoms with van der Waals surface area (Å²) in [5.41, 5.74) is 8.31.